The summed E-state index contributed by atoms with van der Waals surface area (Å²) >= 11 is 1.31. The van der Waals surface area contributed by atoms with Gasteiger partial charge in [0, 0.05) is 74.9 Å². The minimum absolute atomic E-state index is 0.0812. The van der Waals surface area contributed by atoms with Crippen molar-refractivity contribution in [2.45, 2.75) is 209 Å². The van der Waals surface area contributed by atoms with Crippen LogP contribution in [-0.2, 0) is 42.7 Å². The number of hydrogen-bond donors (Lipinski definition) is 8. The van der Waals surface area contributed by atoms with Crippen LogP contribution in [0.3, 0.4) is 0 Å². The van der Waals surface area contributed by atoms with Crippen molar-refractivity contribution in [2.24, 2.45) is 23.5 Å². The predicted molar refractivity (Wildman–Crippen MR) is 280 cm³/mol. The van der Waals surface area contributed by atoms with E-state index < -0.39 is 133 Å². The van der Waals surface area contributed by atoms with E-state index in [4.69, 9.17) is 38.9 Å². The monoisotopic (exact) mass is 1090 g/mol. The maximum atomic E-state index is 14.9. The number of benzene rings is 1. The van der Waals surface area contributed by atoms with E-state index >= 15 is 0 Å². The Hall–Kier alpha value is -2.78. The lowest BCUT2D eigenvalue weighted by Crippen LogP contribution is -2.61. The molecule has 1 aromatic rings. The van der Waals surface area contributed by atoms with Gasteiger partial charge in [0.05, 0.1) is 47.3 Å². The van der Waals surface area contributed by atoms with Crippen LogP contribution in [0.5, 0.6) is 0 Å². The molecule has 20 nitrogen and oxygen atoms in total. The van der Waals surface area contributed by atoms with Crippen LogP contribution in [0.15, 0.2) is 41.1 Å². The number of hydrogen-bond acceptors (Lipinski definition) is 20. The van der Waals surface area contributed by atoms with Gasteiger partial charge in [-0.25, -0.2) is 4.39 Å². The Morgan fingerprint density at radius 1 is 1.01 bits per heavy atom. The van der Waals surface area contributed by atoms with E-state index in [0.29, 0.717) is 25.9 Å². The second-order valence-corrected chi connectivity index (χ2v) is 23.5. The summed E-state index contributed by atoms with van der Waals surface area (Å²) in [5.74, 6) is -3.16. The predicted octanol–water partition coefficient (Wildman–Crippen LogP) is 3.13. The molecule has 9 N–H and O–H groups in total. The average molecular weight is 1090 g/mol. The Morgan fingerprint density at radius 3 is 2.28 bits per heavy atom. The van der Waals surface area contributed by atoms with Gasteiger partial charge < -0.3 is 79.6 Å². The Balaban J connectivity index is 1.41. The van der Waals surface area contributed by atoms with E-state index in [2.05, 4.69) is 11.0 Å². The zero-order chi connectivity index (χ0) is 55.9. The van der Waals surface area contributed by atoms with Crippen molar-refractivity contribution in [1.82, 2.24) is 25.8 Å². The van der Waals surface area contributed by atoms with Gasteiger partial charge in [0.1, 0.15) is 48.8 Å². The first-order chi connectivity index (χ1) is 35.1. The number of likely N-dealkylation sites (N-methyl/N-ethyl adjacent to an activating group) is 2. The lowest BCUT2D eigenvalue weighted by Gasteiger charge is -2.49. The van der Waals surface area contributed by atoms with Gasteiger partial charge in [0.2, 0.25) is 5.91 Å². The summed E-state index contributed by atoms with van der Waals surface area (Å²) in [7, 11) is 6.74. The molecule has 0 aromatic heterocycles. The third-order valence-electron chi connectivity index (χ3n) is 16.2. The number of carbonyl (C=O) groups excluding carboxylic acids is 2. The summed E-state index contributed by atoms with van der Waals surface area (Å²) in [4.78, 5) is 30.6. The molecule has 4 heterocycles. The quantitative estimate of drug-likeness (QED) is 0.0776. The molecule has 3 fully saturated rings. The fraction of sp³-hybridized carbons (Fsp3) is 0.811. The third-order valence-corrected chi connectivity index (χ3v) is 17.2. The largest absolute Gasteiger partial charge is 0.459 e. The van der Waals surface area contributed by atoms with Crippen LogP contribution in [0.1, 0.15) is 113 Å². The summed E-state index contributed by atoms with van der Waals surface area (Å²) in [5, 5.41) is 61.5. The highest BCUT2D eigenvalue weighted by molar-refractivity contribution is 8.00. The lowest BCUT2D eigenvalue weighted by atomic mass is 9.77. The van der Waals surface area contributed by atoms with Crippen molar-refractivity contribution in [1.29, 1.82) is 0 Å². The van der Waals surface area contributed by atoms with E-state index in [-0.39, 0.29) is 30.9 Å². The number of ether oxygens (including phenoxy) is 7. The summed E-state index contributed by atoms with van der Waals surface area (Å²) in [6, 6.07) is 5.55. The van der Waals surface area contributed by atoms with Crippen LogP contribution in [-0.4, -0.2) is 202 Å². The molecule has 20 atom stereocenters. The molecule has 0 radical (unpaired) electrons. The number of nitrogens with two attached hydrogens (primary N) is 1. The molecule has 0 bridgehead atoms. The summed E-state index contributed by atoms with van der Waals surface area (Å²) < 4.78 is 59.0. The Kier molecular flexibility index (Phi) is 22.6. The highest BCUT2D eigenvalue weighted by Gasteiger charge is 2.53. The molecule has 1 aromatic carbocycles. The number of primary amides is 1. The Morgan fingerprint density at radius 2 is 1.68 bits per heavy atom. The van der Waals surface area contributed by atoms with E-state index in [0.717, 1.165) is 16.2 Å². The van der Waals surface area contributed by atoms with Crippen molar-refractivity contribution in [3.05, 3.63) is 41.7 Å². The average Bonchev–Trinajstić information content (AvgIpc) is 3.83. The Bertz CT molecular complexity index is 2010. The second kappa shape index (κ2) is 26.9. The third kappa shape index (κ3) is 15.3. The standard InChI is InChI=1S/C53H91FN6O14S/c1-15-40-53(10,67)46(63)33(6)59(12)26-29(2)23-51(8,66)48(31(4)44(32(5)49(65)72-40)73-42-24-52(9,69-14)47(64)34(7)71-42)74-50-43(62)38(22-30(3)70-50)58(11)21-20-36-27-60(57-56-36)39(25-54)45(68-13)35-16-18-37(19-17-35)75-28-41(55)61/h16-19,27,29-34,38-40,42-48,50,56-57,62-64,66-67H,15,20-26,28H2,1-14H3,(H2,55,61)/t29-,30-,31+,32-,33-,34+,38+,39-,40-,42+,43-,44+,45-,46-,47+,48-,50+,51-,52-,53-/m1/s1. The van der Waals surface area contributed by atoms with E-state index in [9.17, 15) is 39.5 Å². The Labute approximate surface area is 448 Å². The molecule has 4 aliphatic heterocycles. The number of aliphatic hydroxyl groups is 5. The minimum atomic E-state index is -1.86. The number of alkyl halides is 1. The molecule has 430 valence electrons. The number of carbonyl (C=O) groups is 2. The summed E-state index contributed by atoms with van der Waals surface area (Å²) in [5.41, 5.74) is 8.44. The van der Waals surface area contributed by atoms with Crippen molar-refractivity contribution >= 4 is 23.6 Å². The molecule has 3 saturated heterocycles. The normalized spacial score (nSPS) is 39.7. The second-order valence-electron chi connectivity index (χ2n) is 22.4. The van der Waals surface area contributed by atoms with Crippen LogP contribution in [0.4, 0.5) is 4.39 Å². The maximum absolute atomic E-state index is 14.9. The van der Waals surface area contributed by atoms with Crippen molar-refractivity contribution in [3.63, 3.8) is 0 Å². The molecule has 4 aliphatic rings. The van der Waals surface area contributed by atoms with Gasteiger partial charge in [-0.05, 0) is 105 Å². The molecule has 75 heavy (non-hydrogen) atoms. The van der Waals surface area contributed by atoms with Gasteiger partial charge in [-0.15, -0.1) is 17.3 Å². The summed E-state index contributed by atoms with van der Waals surface area (Å²) in [6.45, 7) is 17.5. The smallest absolute Gasteiger partial charge is 0.311 e. The van der Waals surface area contributed by atoms with Gasteiger partial charge in [-0.2, -0.15) is 0 Å². The van der Waals surface area contributed by atoms with Gasteiger partial charge >= 0.3 is 5.97 Å². The van der Waals surface area contributed by atoms with Gasteiger partial charge in [0.25, 0.3) is 0 Å². The molecule has 0 spiro atoms. The fourth-order valence-corrected chi connectivity index (χ4v) is 12.2. The van der Waals surface area contributed by atoms with Crippen LogP contribution in [0.25, 0.3) is 0 Å². The first-order valence-corrected chi connectivity index (χ1v) is 27.5. The minimum Gasteiger partial charge on any atom is -0.459 e. The first kappa shape index (κ1) is 63.1. The highest BCUT2D eigenvalue weighted by Crippen LogP contribution is 2.41. The molecular formula is C53H91FN6O14S. The highest BCUT2D eigenvalue weighted by atomic mass is 32.2. The van der Waals surface area contributed by atoms with E-state index in [1.807, 2.05) is 62.0 Å². The number of cyclic esters (lactones) is 1. The number of thioether (sulfide) groups is 1. The van der Waals surface area contributed by atoms with E-state index in [1.165, 1.54) is 32.9 Å². The molecule has 22 heteroatoms. The molecule has 0 unspecified atom stereocenters. The SMILES string of the molecule is CC[C@H]1OC(=O)[C@H](C)[C@@H](O[C@H]2C[C@@](C)(OC)[C@@H](O)[C@H](C)O2)[C@H](C)[C@@H](O[C@@H]2O[C@H](C)C[C@H](N(C)CCC3=CN([C@H](CF)[C@H](OC)c4ccc(SCC(N)=O)cc4)NN3)[C@H]2O)[C@](C)(O)C[C@@H](C)CN(C)[C@H](C)[C@@H](O)[C@]1(C)O. The topological polar surface area (TPSA) is 260 Å². The van der Waals surface area contributed by atoms with Gasteiger partial charge in [0.15, 0.2) is 12.6 Å². The lowest BCUT2D eigenvalue weighted by molar-refractivity contribution is -0.318. The maximum Gasteiger partial charge on any atom is 0.311 e. The van der Waals surface area contributed by atoms with Crippen LogP contribution < -0.4 is 16.7 Å². The number of amides is 1. The van der Waals surface area contributed by atoms with E-state index in [1.54, 1.807) is 59.7 Å². The number of methoxy groups -OCH3 is 2. The molecule has 5 rings (SSSR count). The molecule has 0 aliphatic carbocycles. The van der Waals surface area contributed by atoms with Crippen LogP contribution in [0.2, 0.25) is 0 Å². The zero-order valence-corrected chi connectivity index (χ0v) is 47.5. The van der Waals surface area contributed by atoms with Crippen molar-refractivity contribution < 1.29 is 72.7 Å². The first-order valence-electron chi connectivity index (χ1n) is 26.5. The number of aliphatic hydroxyl groups excluding tert-OH is 3. The van der Waals surface area contributed by atoms with Gasteiger partial charge in [-0.1, -0.05) is 32.9 Å². The van der Waals surface area contributed by atoms with Gasteiger partial charge in [-0.3, -0.25) is 14.6 Å². The number of halogens is 1. The fourth-order valence-electron chi connectivity index (χ4n) is 11.5. The molecular weight excluding hydrogens is 996 g/mol. The number of nitrogens with one attached hydrogen (secondary N) is 2. The van der Waals surface area contributed by atoms with Crippen molar-refractivity contribution in [2.75, 3.05) is 53.8 Å². The molecule has 0 saturated carbocycles. The number of rotatable bonds is 18. The number of hydrazine groups is 2. The zero-order valence-electron chi connectivity index (χ0n) is 46.7. The summed E-state index contributed by atoms with van der Waals surface area (Å²) in [6.07, 6.45) is -7.85. The van der Waals surface area contributed by atoms with Crippen LogP contribution in [0, 0.1) is 17.8 Å². The van der Waals surface area contributed by atoms with Crippen LogP contribution >= 0.6 is 11.8 Å². The van der Waals surface area contributed by atoms with Crippen molar-refractivity contribution in [3.8, 4) is 0 Å². The molecule has 1 amide bonds. The number of nitrogens with zero attached hydrogens (tertiary/aromatic N) is 3. The number of esters is 1.